The molecule has 82 valence electrons. The largest absolute Gasteiger partial charge is 0.236 e. The molecule has 0 aliphatic heterocycles. The third-order valence-corrected chi connectivity index (χ3v) is 2.77. The quantitative estimate of drug-likeness (QED) is 0.701. The molecule has 2 aromatic rings. The minimum Gasteiger partial charge on any atom is -0.236 e. The third-order valence-electron chi connectivity index (χ3n) is 2.57. The van der Waals surface area contributed by atoms with E-state index in [1.807, 2.05) is 0 Å². The van der Waals surface area contributed by atoms with E-state index < -0.39 is 0 Å². The van der Waals surface area contributed by atoms with E-state index in [0.717, 1.165) is 11.3 Å². The normalized spacial score (nSPS) is 10.5. The molecule has 1 aromatic heterocycles. The Labute approximate surface area is 100 Å². The summed E-state index contributed by atoms with van der Waals surface area (Å²) >= 11 is 5.88. The number of rotatable bonds is 1. The van der Waals surface area contributed by atoms with Crippen LogP contribution in [-0.4, -0.2) is 9.97 Å². The van der Waals surface area contributed by atoms with Crippen LogP contribution in [0.5, 0.6) is 0 Å². The molecule has 0 amide bonds. The first kappa shape index (κ1) is 11.1. The zero-order chi connectivity index (χ0) is 11.7. The molecule has 0 atom stereocenters. The smallest absolute Gasteiger partial charge is 0.133 e. The van der Waals surface area contributed by atoms with E-state index in [1.165, 1.54) is 23.0 Å². The Balaban J connectivity index is 2.64. The summed E-state index contributed by atoms with van der Waals surface area (Å²) < 4.78 is 0. The van der Waals surface area contributed by atoms with E-state index in [4.69, 9.17) is 11.6 Å². The first-order chi connectivity index (χ1) is 7.58. The Morgan fingerprint density at radius 3 is 2.12 bits per heavy atom. The van der Waals surface area contributed by atoms with Crippen LogP contribution >= 0.6 is 11.6 Å². The maximum absolute atomic E-state index is 5.88. The van der Waals surface area contributed by atoms with Gasteiger partial charge < -0.3 is 0 Å². The lowest BCUT2D eigenvalue weighted by molar-refractivity contribution is 1.16. The van der Waals surface area contributed by atoms with Crippen LogP contribution in [-0.2, 0) is 0 Å². The van der Waals surface area contributed by atoms with Gasteiger partial charge in [0.2, 0.25) is 0 Å². The van der Waals surface area contributed by atoms with Gasteiger partial charge in [-0.05, 0) is 31.9 Å². The number of nitrogens with zero attached hydrogens (tertiary/aromatic N) is 2. The highest BCUT2D eigenvalue weighted by molar-refractivity contribution is 6.29. The molecule has 1 heterocycles. The molecule has 16 heavy (non-hydrogen) atoms. The summed E-state index contributed by atoms with van der Waals surface area (Å²) in [6.07, 6.45) is 1.50. The maximum Gasteiger partial charge on any atom is 0.133 e. The van der Waals surface area contributed by atoms with Crippen molar-refractivity contribution in [1.29, 1.82) is 0 Å². The molecule has 0 fully saturated rings. The van der Waals surface area contributed by atoms with Crippen LogP contribution < -0.4 is 0 Å². The summed E-state index contributed by atoms with van der Waals surface area (Å²) in [5.41, 5.74) is 5.73. The van der Waals surface area contributed by atoms with Gasteiger partial charge in [-0.25, -0.2) is 9.97 Å². The fraction of sp³-hybridized carbons (Fsp3) is 0.231. The molecule has 0 aliphatic rings. The van der Waals surface area contributed by atoms with Crippen LogP contribution in [0.4, 0.5) is 0 Å². The zero-order valence-electron chi connectivity index (χ0n) is 9.58. The number of hydrogen-bond acceptors (Lipinski definition) is 2. The summed E-state index contributed by atoms with van der Waals surface area (Å²) in [6.45, 7) is 6.27. The molecule has 0 saturated heterocycles. The third kappa shape index (κ3) is 2.07. The first-order valence-electron chi connectivity index (χ1n) is 5.13. The average molecular weight is 233 g/mol. The van der Waals surface area contributed by atoms with Crippen molar-refractivity contribution in [2.24, 2.45) is 0 Å². The van der Waals surface area contributed by atoms with Crippen LogP contribution in [0.15, 0.2) is 24.5 Å². The van der Waals surface area contributed by atoms with Gasteiger partial charge in [0.1, 0.15) is 11.5 Å². The van der Waals surface area contributed by atoms with E-state index in [9.17, 15) is 0 Å². The monoisotopic (exact) mass is 232 g/mol. The minimum atomic E-state index is 0.476. The molecule has 3 heteroatoms. The minimum absolute atomic E-state index is 0.476. The standard InChI is InChI=1S/C13H13ClN2/c1-8-4-9(2)13(10(3)5-8)11-6-12(14)16-7-15-11/h4-7H,1-3H3. The lowest BCUT2D eigenvalue weighted by Gasteiger charge is -2.10. The Bertz CT molecular complexity index is 512. The predicted octanol–water partition coefficient (Wildman–Crippen LogP) is 3.72. The van der Waals surface area contributed by atoms with Gasteiger partial charge in [0.05, 0.1) is 5.69 Å². The topological polar surface area (TPSA) is 25.8 Å². The van der Waals surface area contributed by atoms with Gasteiger partial charge in [-0.1, -0.05) is 29.3 Å². The van der Waals surface area contributed by atoms with Crippen LogP contribution in [0.1, 0.15) is 16.7 Å². The number of aryl methyl sites for hydroxylation is 3. The molecule has 0 saturated carbocycles. The number of benzene rings is 1. The lowest BCUT2D eigenvalue weighted by Crippen LogP contribution is -1.93. The van der Waals surface area contributed by atoms with Crippen molar-refractivity contribution < 1.29 is 0 Å². The SMILES string of the molecule is Cc1cc(C)c(-c2cc(Cl)ncn2)c(C)c1. The van der Waals surface area contributed by atoms with Gasteiger partial charge in [-0.3, -0.25) is 0 Å². The molecule has 0 N–H and O–H groups in total. The van der Waals surface area contributed by atoms with E-state index in [1.54, 1.807) is 6.07 Å². The Morgan fingerprint density at radius 2 is 1.56 bits per heavy atom. The van der Waals surface area contributed by atoms with Crippen LogP contribution in [0.25, 0.3) is 11.3 Å². The van der Waals surface area contributed by atoms with Gasteiger partial charge in [0, 0.05) is 11.6 Å². The fourth-order valence-electron chi connectivity index (χ4n) is 2.05. The van der Waals surface area contributed by atoms with Crippen molar-refractivity contribution in [3.63, 3.8) is 0 Å². The van der Waals surface area contributed by atoms with E-state index in [0.29, 0.717) is 5.15 Å². The average Bonchev–Trinajstić information content (AvgIpc) is 2.15. The van der Waals surface area contributed by atoms with Crippen molar-refractivity contribution in [3.05, 3.63) is 46.4 Å². The maximum atomic E-state index is 5.88. The molecular formula is C13H13ClN2. The molecule has 0 unspecified atom stereocenters. The van der Waals surface area contributed by atoms with Gasteiger partial charge in [-0.2, -0.15) is 0 Å². The number of hydrogen-bond donors (Lipinski definition) is 0. The van der Waals surface area contributed by atoms with Gasteiger partial charge in [-0.15, -0.1) is 0 Å². The highest BCUT2D eigenvalue weighted by Crippen LogP contribution is 2.27. The van der Waals surface area contributed by atoms with Crippen molar-refractivity contribution in [1.82, 2.24) is 9.97 Å². The van der Waals surface area contributed by atoms with Gasteiger partial charge in [0.15, 0.2) is 0 Å². The molecule has 2 rings (SSSR count). The molecule has 0 spiro atoms. The number of halogens is 1. The van der Waals surface area contributed by atoms with Crippen molar-refractivity contribution in [2.45, 2.75) is 20.8 Å². The highest BCUT2D eigenvalue weighted by Gasteiger charge is 2.08. The van der Waals surface area contributed by atoms with Crippen molar-refractivity contribution in [2.75, 3.05) is 0 Å². The molecule has 0 aliphatic carbocycles. The fourth-order valence-corrected chi connectivity index (χ4v) is 2.20. The van der Waals surface area contributed by atoms with E-state index >= 15 is 0 Å². The van der Waals surface area contributed by atoms with Gasteiger partial charge in [0.25, 0.3) is 0 Å². The van der Waals surface area contributed by atoms with Crippen LogP contribution in [0.3, 0.4) is 0 Å². The van der Waals surface area contributed by atoms with Crippen molar-refractivity contribution in [3.8, 4) is 11.3 Å². The van der Waals surface area contributed by atoms with Crippen LogP contribution in [0.2, 0.25) is 5.15 Å². The molecule has 0 radical (unpaired) electrons. The zero-order valence-corrected chi connectivity index (χ0v) is 10.3. The predicted molar refractivity (Wildman–Crippen MR) is 66.7 cm³/mol. The Hall–Kier alpha value is -1.41. The summed E-state index contributed by atoms with van der Waals surface area (Å²) in [6, 6.07) is 6.10. The molecule has 2 nitrogen and oxygen atoms in total. The Morgan fingerprint density at radius 1 is 0.938 bits per heavy atom. The molecule has 0 bridgehead atoms. The van der Waals surface area contributed by atoms with E-state index in [2.05, 4.69) is 42.9 Å². The summed E-state index contributed by atoms with van der Waals surface area (Å²) in [5, 5.41) is 0.476. The van der Waals surface area contributed by atoms with Crippen molar-refractivity contribution >= 4 is 11.6 Å². The van der Waals surface area contributed by atoms with E-state index in [-0.39, 0.29) is 0 Å². The van der Waals surface area contributed by atoms with Crippen LogP contribution in [0, 0.1) is 20.8 Å². The number of aromatic nitrogens is 2. The first-order valence-corrected chi connectivity index (χ1v) is 5.51. The second-order valence-corrected chi connectivity index (χ2v) is 4.39. The second kappa shape index (κ2) is 4.22. The summed E-state index contributed by atoms with van der Waals surface area (Å²) in [5.74, 6) is 0. The highest BCUT2D eigenvalue weighted by atomic mass is 35.5. The molecule has 1 aromatic carbocycles. The van der Waals surface area contributed by atoms with Gasteiger partial charge >= 0.3 is 0 Å². The Kier molecular flexibility index (Phi) is 2.92. The summed E-state index contributed by atoms with van der Waals surface area (Å²) in [4.78, 5) is 8.16. The molecular weight excluding hydrogens is 220 g/mol. The summed E-state index contributed by atoms with van der Waals surface area (Å²) in [7, 11) is 0. The second-order valence-electron chi connectivity index (χ2n) is 4.00. The lowest BCUT2D eigenvalue weighted by atomic mass is 9.97.